The molecule has 0 radical (unpaired) electrons. The highest BCUT2D eigenvalue weighted by Crippen LogP contribution is 2.38. The predicted octanol–water partition coefficient (Wildman–Crippen LogP) is 2.93. The van der Waals surface area contributed by atoms with Gasteiger partial charge in [0.15, 0.2) is 0 Å². The molecule has 0 bridgehead atoms. The summed E-state index contributed by atoms with van der Waals surface area (Å²) in [6.07, 6.45) is 1.21. The van der Waals surface area contributed by atoms with Crippen molar-refractivity contribution in [3.63, 3.8) is 0 Å². The Hall–Kier alpha value is -3.55. The molecular weight excluding hydrogens is 372 g/mol. The van der Waals surface area contributed by atoms with Gasteiger partial charge in [-0.1, -0.05) is 18.2 Å². The number of nitrogens with zero attached hydrogens (tertiary/aromatic N) is 2. The van der Waals surface area contributed by atoms with Crippen LogP contribution >= 0.6 is 0 Å². The van der Waals surface area contributed by atoms with Crippen molar-refractivity contribution in [2.75, 3.05) is 32.1 Å². The zero-order chi connectivity index (χ0) is 21.1. The summed E-state index contributed by atoms with van der Waals surface area (Å²) in [5.74, 6) is -0.379. The van der Waals surface area contributed by atoms with Crippen LogP contribution in [-0.2, 0) is 9.53 Å². The second-order valence-corrected chi connectivity index (χ2v) is 6.89. The van der Waals surface area contributed by atoms with Crippen LogP contribution in [0.1, 0.15) is 22.5 Å². The Morgan fingerprint density at radius 3 is 2.66 bits per heavy atom. The number of ether oxygens (including phenoxy) is 1. The fourth-order valence-corrected chi connectivity index (χ4v) is 3.28. The van der Waals surface area contributed by atoms with Gasteiger partial charge in [-0.2, -0.15) is 0 Å². The van der Waals surface area contributed by atoms with Crippen LogP contribution in [-0.4, -0.2) is 55.2 Å². The van der Waals surface area contributed by atoms with Crippen molar-refractivity contribution in [3.05, 3.63) is 52.8 Å². The van der Waals surface area contributed by atoms with Crippen molar-refractivity contribution in [3.8, 4) is 0 Å². The van der Waals surface area contributed by atoms with E-state index in [1.54, 1.807) is 25.3 Å². The highest BCUT2D eigenvalue weighted by molar-refractivity contribution is 6.41. The summed E-state index contributed by atoms with van der Waals surface area (Å²) in [6, 6.07) is 8.75. The van der Waals surface area contributed by atoms with Gasteiger partial charge in [0.2, 0.25) is 0 Å². The van der Waals surface area contributed by atoms with Gasteiger partial charge in [0.05, 0.1) is 18.4 Å². The third kappa shape index (κ3) is 4.01. The SMILES string of the molecule is COC(=O)NCCN(C)C(=O)N1C(=O)/C(=C\c2[nH]c(C)cc2C)c2ccccc21. The van der Waals surface area contributed by atoms with Crippen LogP contribution in [0.4, 0.5) is 15.3 Å². The van der Waals surface area contributed by atoms with Crippen LogP contribution in [0.25, 0.3) is 11.6 Å². The van der Waals surface area contributed by atoms with E-state index in [-0.39, 0.29) is 19.0 Å². The average Bonchev–Trinajstić information content (AvgIpc) is 3.16. The van der Waals surface area contributed by atoms with Crippen LogP contribution in [0.5, 0.6) is 0 Å². The van der Waals surface area contributed by atoms with Gasteiger partial charge < -0.3 is 19.9 Å². The molecule has 152 valence electrons. The molecule has 8 nitrogen and oxygen atoms in total. The van der Waals surface area contributed by atoms with Crippen molar-refractivity contribution in [2.24, 2.45) is 0 Å². The van der Waals surface area contributed by atoms with E-state index >= 15 is 0 Å². The molecule has 0 spiro atoms. The van der Waals surface area contributed by atoms with Gasteiger partial charge in [-0.05, 0) is 37.6 Å². The topological polar surface area (TPSA) is 94.7 Å². The minimum Gasteiger partial charge on any atom is -0.453 e. The molecule has 2 N–H and O–H groups in total. The largest absolute Gasteiger partial charge is 0.453 e. The molecule has 2 aromatic rings. The van der Waals surface area contributed by atoms with Crippen molar-refractivity contribution in [1.29, 1.82) is 0 Å². The summed E-state index contributed by atoms with van der Waals surface area (Å²) in [6.45, 7) is 4.36. The first-order valence-electron chi connectivity index (χ1n) is 9.22. The Balaban J connectivity index is 1.87. The van der Waals surface area contributed by atoms with Crippen LogP contribution in [0.2, 0.25) is 0 Å². The lowest BCUT2D eigenvalue weighted by atomic mass is 10.1. The van der Waals surface area contributed by atoms with E-state index in [0.717, 1.165) is 17.0 Å². The summed E-state index contributed by atoms with van der Waals surface area (Å²) in [5, 5.41) is 2.52. The quantitative estimate of drug-likeness (QED) is 0.777. The second kappa shape index (κ2) is 8.22. The molecule has 1 aromatic carbocycles. The number of fused-ring (bicyclic) bond motifs is 1. The van der Waals surface area contributed by atoms with Gasteiger partial charge in [-0.25, -0.2) is 14.5 Å². The Bertz CT molecular complexity index is 992. The summed E-state index contributed by atoms with van der Waals surface area (Å²) in [5.41, 5.74) is 4.57. The molecule has 1 aliphatic heterocycles. The first-order chi connectivity index (χ1) is 13.8. The van der Waals surface area contributed by atoms with E-state index in [2.05, 4.69) is 15.0 Å². The van der Waals surface area contributed by atoms with Gasteiger partial charge >= 0.3 is 12.1 Å². The Kier molecular flexibility index (Phi) is 5.72. The fourth-order valence-electron chi connectivity index (χ4n) is 3.28. The summed E-state index contributed by atoms with van der Waals surface area (Å²) in [4.78, 5) is 43.1. The van der Waals surface area contributed by atoms with Crippen LogP contribution in [0, 0.1) is 13.8 Å². The molecule has 29 heavy (non-hydrogen) atoms. The minimum absolute atomic E-state index is 0.211. The minimum atomic E-state index is -0.574. The molecule has 0 saturated heterocycles. The zero-order valence-electron chi connectivity index (χ0n) is 16.9. The normalized spacial score (nSPS) is 14.1. The number of alkyl carbamates (subject to hydrolysis) is 1. The van der Waals surface area contributed by atoms with E-state index in [1.807, 2.05) is 32.0 Å². The maximum Gasteiger partial charge on any atom is 0.406 e. The van der Waals surface area contributed by atoms with Gasteiger partial charge in [0.1, 0.15) is 0 Å². The van der Waals surface area contributed by atoms with Crippen molar-refractivity contribution >= 4 is 35.4 Å². The van der Waals surface area contributed by atoms with E-state index in [0.29, 0.717) is 16.8 Å². The molecule has 8 heteroatoms. The molecule has 3 rings (SSSR count). The molecule has 1 aliphatic rings. The number of methoxy groups -OCH3 is 1. The number of hydrogen-bond acceptors (Lipinski definition) is 4. The maximum absolute atomic E-state index is 13.2. The van der Waals surface area contributed by atoms with Gasteiger partial charge in [0, 0.05) is 37.1 Å². The highest BCUT2D eigenvalue weighted by Gasteiger charge is 2.37. The molecule has 2 heterocycles. The van der Waals surface area contributed by atoms with Crippen molar-refractivity contribution < 1.29 is 19.1 Å². The third-order valence-electron chi connectivity index (χ3n) is 4.77. The number of amides is 4. The zero-order valence-corrected chi connectivity index (χ0v) is 16.9. The smallest absolute Gasteiger partial charge is 0.406 e. The number of carbonyl (C=O) groups excluding carboxylic acids is 3. The van der Waals surface area contributed by atoms with Crippen LogP contribution in [0.3, 0.4) is 0 Å². The summed E-state index contributed by atoms with van der Waals surface area (Å²) >= 11 is 0. The number of benzene rings is 1. The molecule has 1 aromatic heterocycles. The second-order valence-electron chi connectivity index (χ2n) is 6.89. The number of para-hydroxylation sites is 1. The molecule has 0 aliphatic carbocycles. The third-order valence-corrected chi connectivity index (χ3v) is 4.77. The maximum atomic E-state index is 13.2. The molecule has 0 unspecified atom stereocenters. The Morgan fingerprint density at radius 1 is 1.28 bits per heavy atom. The number of anilines is 1. The van der Waals surface area contributed by atoms with E-state index in [4.69, 9.17) is 0 Å². The predicted molar refractivity (Wildman–Crippen MR) is 110 cm³/mol. The van der Waals surface area contributed by atoms with Crippen molar-refractivity contribution in [2.45, 2.75) is 13.8 Å². The number of likely N-dealkylation sites (N-methyl/N-ethyl adjacent to an activating group) is 1. The number of nitrogens with one attached hydrogen (secondary N) is 2. The van der Waals surface area contributed by atoms with Gasteiger partial charge in [-0.15, -0.1) is 0 Å². The number of carbonyl (C=O) groups is 3. The van der Waals surface area contributed by atoms with Gasteiger partial charge in [-0.3, -0.25) is 4.79 Å². The van der Waals surface area contributed by atoms with E-state index in [9.17, 15) is 14.4 Å². The number of rotatable bonds is 4. The monoisotopic (exact) mass is 396 g/mol. The standard InChI is InChI=1S/C21H24N4O4/c1-13-11-14(2)23-17(13)12-16-15-7-5-6-8-18(15)25(19(16)26)21(28)24(3)10-9-22-20(27)29-4/h5-8,11-12,23H,9-10H2,1-4H3,(H,22,27)/b16-12-. The Labute approximate surface area is 169 Å². The number of imide groups is 1. The lowest BCUT2D eigenvalue weighted by Gasteiger charge is -2.23. The Morgan fingerprint density at radius 2 is 2.00 bits per heavy atom. The summed E-state index contributed by atoms with van der Waals surface area (Å²) in [7, 11) is 2.85. The molecule has 0 atom stereocenters. The van der Waals surface area contributed by atoms with Gasteiger partial charge in [0.25, 0.3) is 5.91 Å². The number of aryl methyl sites for hydroxylation is 2. The summed E-state index contributed by atoms with van der Waals surface area (Å²) < 4.78 is 4.51. The van der Waals surface area contributed by atoms with Crippen molar-refractivity contribution in [1.82, 2.24) is 15.2 Å². The number of hydrogen-bond donors (Lipinski definition) is 2. The van der Waals surface area contributed by atoms with Crippen LogP contribution in [0.15, 0.2) is 30.3 Å². The molecule has 0 saturated carbocycles. The number of urea groups is 1. The lowest BCUT2D eigenvalue weighted by molar-refractivity contribution is -0.112. The molecule has 4 amide bonds. The van der Waals surface area contributed by atoms with E-state index in [1.165, 1.54) is 16.9 Å². The number of aromatic nitrogens is 1. The van der Waals surface area contributed by atoms with Crippen LogP contribution < -0.4 is 10.2 Å². The fraction of sp³-hybridized carbons (Fsp3) is 0.286. The molecular formula is C21H24N4O4. The lowest BCUT2D eigenvalue weighted by Crippen LogP contribution is -2.45. The first-order valence-corrected chi connectivity index (χ1v) is 9.22. The first kappa shape index (κ1) is 20.2. The highest BCUT2D eigenvalue weighted by atomic mass is 16.5. The molecule has 0 fully saturated rings. The average molecular weight is 396 g/mol. The number of aromatic amines is 1. The van der Waals surface area contributed by atoms with E-state index < -0.39 is 12.1 Å². The number of H-pyrrole nitrogens is 1.